The van der Waals surface area contributed by atoms with Crippen LogP contribution in [0.5, 0.6) is 5.75 Å². The van der Waals surface area contributed by atoms with Crippen molar-refractivity contribution in [2.75, 3.05) is 12.5 Å². The molecule has 0 fully saturated rings. The summed E-state index contributed by atoms with van der Waals surface area (Å²) in [7, 11) is 1.65. The molecule has 1 heterocycles. The minimum Gasteiger partial charge on any atom is -0.497 e. The van der Waals surface area contributed by atoms with Crippen molar-refractivity contribution in [1.82, 2.24) is 4.98 Å². The number of fused-ring (bicyclic) bond motifs is 1. The molecule has 1 aromatic heterocycles. The minimum absolute atomic E-state index is 0.617. The third-order valence-electron chi connectivity index (χ3n) is 3.03. The lowest BCUT2D eigenvalue weighted by Gasteiger charge is -1.98. The van der Waals surface area contributed by atoms with Gasteiger partial charge in [0.2, 0.25) is 5.13 Å². The van der Waals surface area contributed by atoms with Crippen molar-refractivity contribution in [3.8, 4) is 5.75 Å². The van der Waals surface area contributed by atoms with Crippen LogP contribution in [0.15, 0.2) is 57.8 Å². The lowest BCUT2D eigenvalue weighted by molar-refractivity contribution is 0.415. The highest BCUT2D eigenvalue weighted by Crippen LogP contribution is 2.31. The second-order valence-electron chi connectivity index (χ2n) is 4.58. The summed E-state index contributed by atoms with van der Waals surface area (Å²) in [5.41, 5.74) is 5.44. The van der Waals surface area contributed by atoms with Gasteiger partial charge in [-0.2, -0.15) is 5.10 Å². The first-order valence-electron chi connectivity index (χ1n) is 6.98. The van der Waals surface area contributed by atoms with Crippen LogP contribution in [-0.2, 0) is 0 Å². The number of methoxy groups -OCH3 is 1. The summed E-state index contributed by atoms with van der Waals surface area (Å²) in [6.45, 7) is 1.85. The van der Waals surface area contributed by atoms with E-state index < -0.39 is 0 Å². The number of benzene rings is 2. The highest BCUT2D eigenvalue weighted by Gasteiger charge is 2.04. The summed E-state index contributed by atoms with van der Waals surface area (Å²) < 4.78 is 6.23. The molecule has 0 saturated carbocycles. The smallest absolute Gasteiger partial charge is 0.231 e. The second kappa shape index (κ2) is 6.97. The second-order valence-corrected chi connectivity index (χ2v) is 5.59. The lowest BCUT2D eigenvalue weighted by Crippen LogP contribution is -1.86. The highest BCUT2D eigenvalue weighted by atomic mass is 32.1. The van der Waals surface area contributed by atoms with E-state index in [1.165, 1.54) is 11.3 Å². The minimum atomic E-state index is 0.617. The number of aromatic nitrogens is 1. The molecule has 116 valence electrons. The first kappa shape index (κ1) is 15.1. The first-order chi connectivity index (χ1) is 11.3. The van der Waals surface area contributed by atoms with Gasteiger partial charge < -0.3 is 4.74 Å². The van der Waals surface area contributed by atoms with Gasteiger partial charge in [0.15, 0.2) is 0 Å². The molecule has 2 aromatic carbocycles. The van der Waals surface area contributed by atoms with E-state index in [0.29, 0.717) is 5.13 Å². The number of nitrogens with one attached hydrogen (secondary N) is 1. The molecule has 0 saturated heterocycles. The molecule has 0 bridgehead atoms. The zero-order chi connectivity index (χ0) is 16.1. The zero-order valence-corrected chi connectivity index (χ0v) is 13.5. The molecule has 0 radical (unpaired) electrons. The van der Waals surface area contributed by atoms with Gasteiger partial charge in [0.1, 0.15) is 5.75 Å². The molecule has 23 heavy (non-hydrogen) atoms. The summed E-state index contributed by atoms with van der Waals surface area (Å²) in [6.07, 6.45) is 1.69. The monoisotopic (exact) mass is 325 g/mol. The first-order valence-corrected chi connectivity index (χ1v) is 7.80. The van der Waals surface area contributed by atoms with Gasteiger partial charge >= 0.3 is 0 Å². The number of azo groups is 1. The van der Waals surface area contributed by atoms with Crippen LogP contribution in [0.1, 0.15) is 6.92 Å². The third kappa shape index (κ3) is 3.70. The van der Waals surface area contributed by atoms with Gasteiger partial charge in [-0.3, -0.25) is 5.43 Å². The number of hydrogen-bond acceptors (Lipinski definition) is 7. The van der Waals surface area contributed by atoms with Crippen molar-refractivity contribution in [1.29, 1.82) is 0 Å². The van der Waals surface area contributed by atoms with Crippen LogP contribution >= 0.6 is 11.3 Å². The molecule has 0 spiro atoms. The molecular weight excluding hydrogens is 310 g/mol. The Bertz CT molecular complexity index is 855. The van der Waals surface area contributed by atoms with E-state index in [1.54, 1.807) is 13.3 Å². The predicted octanol–water partition coefficient (Wildman–Crippen LogP) is 5.14. The Kier molecular flexibility index (Phi) is 4.58. The summed E-state index contributed by atoms with van der Waals surface area (Å²) in [4.78, 5) is 4.43. The van der Waals surface area contributed by atoms with E-state index in [-0.39, 0.29) is 0 Å². The molecule has 0 amide bonds. The molecule has 0 atom stereocenters. The van der Waals surface area contributed by atoms with Crippen LogP contribution in [0.2, 0.25) is 0 Å². The van der Waals surface area contributed by atoms with Crippen LogP contribution < -0.4 is 10.2 Å². The van der Waals surface area contributed by atoms with Crippen molar-refractivity contribution in [3.05, 3.63) is 42.5 Å². The van der Waals surface area contributed by atoms with E-state index in [9.17, 15) is 0 Å². The van der Waals surface area contributed by atoms with Gasteiger partial charge in [0.05, 0.1) is 28.7 Å². The summed E-state index contributed by atoms with van der Waals surface area (Å²) in [5, 5.41) is 13.0. The Labute approximate surface area is 137 Å². The topological polar surface area (TPSA) is 71.2 Å². The van der Waals surface area contributed by atoms with Crippen LogP contribution in [0.3, 0.4) is 0 Å². The number of rotatable bonds is 5. The van der Waals surface area contributed by atoms with Crippen LogP contribution in [-0.4, -0.2) is 18.3 Å². The number of nitrogens with zero attached hydrogens (tertiary/aromatic N) is 4. The molecule has 0 unspecified atom stereocenters. The van der Waals surface area contributed by atoms with Crippen molar-refractivity contribution in [2.24, 2.45) is 15.3 Å². The number of ether oxygens (including phenoxy) is 1. The third-order valence-corrected chi connectivity index (χ3v) is 3.93. The van der Waals surface area contributed by atoms with Gasteiger partial charge in [-0.05, 0) is 49.4 Å². The maximum absolute atomic E-state index is 5.21. The normalized spacial score (nSPS) is 11.6. The predicted molar refractivity (Wildman–Crippen MR) is 94.6 cm³/mol. The maximum Gasteiger partial charge on any atom is 0.231 e. The fourth-order valence-electron chi connectivity index (χ4n) is 1.90. The Morgan fingerprint density at radius 3 is 2.70 bits per heavy atom. The molecule has 3 aromatic rings. The fraction of sp³-hybridized carbons (Fsp3) is 0.125. The van der Waals surface area contributed by atoms with E-state index in [1.807, 2.05) is 49.4 Å². The largest absolute Gasteiger partial charge is 0.497 e. The van der Waals surface area contributed by atoms with Crippen LogP contribution in [0.25, 0.3) is 10.2 Å². The van der Waals surface area contributed by atoms with Gasteiger partial charge in [-0.15, -0.1) is 10.2 Å². The number of anilines is 1. The van der Waals surface area contributed by atoms with Crippen molar-refractivity contribution < 1.29 is 4.74 Å². The van der Waals surface area contributed by atoms with E-state index >= 15 is 0 Å². The van der Waals surface area contributed by atoms with Gasteiger partial charge in [-0.1, -0.05) is 11.3 Å². The Balaban J connectivity index is 1.76. The maximum atomic E-state index is 5.21. The highest BCUT2D eigenvalue weighted by molar-refractivity contribution is 7.21. The van der Waals surface area contributed by atoms with E-state index in [4.69, 9.17) is 4.74 Å². The quantitative estimate of drug-likeness (QED) is 0.401. The average Bonchev–Trinajstić information content (AvgIpc) is 3.01. The standard InChI is InChI=1S/C16H15N5OS/c1-3-17-19-11-4-6-12(7-5-11)20-21-16-18-14-9-8-13(22-2)10-15(14)23-16/h3-10,19H,1-2H3. The van der Waals surface area contributed by atoms with Crippen LogP contribution in [0, 0.1) is 0 Å². The van der Waals surface area contributed by atoms with Gasteiger partial charge in [0, 0.05) is 6.21 Å². The van der Waals surface area contributed by atoms with E-state index in [0.717, 1.165) is 27.3 Å². The molecule has 7 heteroatoms. The van der Waals surface area contributed by atoms with Gasteiger partial charge in [0.25, 0.3) is 0 Å². The molecule has 0 aliphatic rings. The summed E-state index contributed by atoms with van der Waals surface area (Å²) in [5.74, 6) is 0.808. The summed E-state index contributed by atoms with van der Waals surface area (Å²) in [6, 6.07) is 13.3. The molecule has 0 aliphatic heterocycles. The number of hydrogen-bond donors (Lipinski definition) is 1. The van der Waals surface area contributed by atoms with Crippen molar-refractivity contribution in [2.45, 2.75) is 6.92 Å². The number of hydrazone groups is 1. The zero-order valence-electron chi connectivity index (χ0n) is 12.7. The Morgan fingerprint density at radius 2 is 1.96 bits per heavy atom. The Hall–Kier alpha value is -2.80. The summed E-state index contributed by atoms with van der Waals surface area (Å²) >= 11 is 1.48. The molecular formula is C16H15N5OS. The average molecular weight is 325 g/mol. The molecule has 0 aliphatic carbocycles. The Morgan fingerprint density at radius 1 is 1.13 bits per heavy atom. The van der Waals surface area contributed by atoms with E-state index in [2.05, 4.69) is 25.7 Å². The number of thiazole rings is 1. The SMILES string of the molecule is CC=NNc1ccc(N=Nc2nc3ccc(OC)cc3s2)cc1. The molecule has 3 rings (SSSR count). The van der Waals surface area contributed by atoms with Crippen LogP contribution in [0.4, 0.5) is 16.5 Å². The van der Waals surface area contributed by atoms with Gasteiger partial charge in [-0.25, -0.2) is 4.98 Å². The molecule has 1 N–H and O–H groups in total. The van der Waals surface area contributed by atoms with Crippen molar-refractivity contribution >= 4 is 44.3 Å². The lowest BCUT2D eigenvalue weighted by atomic mass is 10.3. The fourth-order valence-corrected chi connectivity index (χ4v) is 2.72. The van der Waals surface area contributed by atoms with Crippen molar-refractivity contribution in [3.63, 3.8) is 0 Å². The molecule has 6 nitrogen and oxygen atoms in total.